The summed E-state index contributed by atoms with van der Waals surface area (Å²) in [5.41, 5.74) is 1.65. The number of halogens is 4. The Kier molecular flexibility index (Phi) is 10.6. The molecule has 0 spiro atoms. The van der Waals surface area contributed by atoms with Crippen LogP contribution >= 0.6 is 23.2 Å². The number of esters is 1. The molecule has 39 heavy (non-hydrogen) atoms. The number of anilines is 1. The summed E-state index contributed by atoms with van der Waals surface area (Å²) < 4.78 is 67.2. The standard InChI is InChI=1S/C23H17Cl2F2NO4S.C4H8O2/c24-19-5-2-6-20(25)18(19)9-7-15-8-10-22-21(13-15)28(11-12-31-22)33(29,30)17-4-1-3-16(14-17)32-23(26)27;1-3-4(5)6-2/h1-10,13-14,23H,11-12H2;3H2,1-2H3/b9-7+;. The van der Waals surface area contributed by atoms with Gasteiger partial charge in [-0.25, -0.2) is 8.42 Å². The van der Waals surface area contributed by atoms with Gasteiger partial charge >= 0.3 is 12.6 Å². The molecule has 1 aliphatic heterocycles. The molecule has 1 heterocycles. The zero-order valence-electron chi connectivity index (χ0n) is 20.9. The molecule has 7 nitrogen and oxygen atoms in total. The monoisotopic (exact) mass is 599 g/mol. The molecule has 0 saturated heterocycles. The van der Waals surface area contributed by atoms with Crippen LogP contribution < -0.4 is 13.8 Å². The molecule has 4 rings (SSSR count). The van der Waals surface area contributed by atoms with Crippen molar-refractivity contribution in [2.24, 2.45) is 0 Å². The molecule has 0 atom stereocenters. The molecule has 0 amide bonds. The van der Waals surface area contributed by atoms with Crippen molar-refractivity contribution in [2.45, 2.75) is 24.9 Å². The van der Waals surface area contributed by atoms with Crippen LogP contribution in [0.4, 0.5) is 14.5 Å². The number of fused-ring (bicyclic) bond motifs is 1. The van der Waals surface area contributed by atoms with Crippen LogP contribution in [0.3, 0.4) is 0 Å². The molecular formula is C27H25Cl2F2NO6S. The summed E-state index contributed by atoms with van der Waals surface area (Å²) in [4.78, 5) is 9.79. The molecular weight excluding hydrogens is 575 g/mol. The highest BCUT2D eigenvalue weighted by Crippen LogP contribution is 2.37. The Morgan fingerprint density at radius 3 is 2.38 bits per heavy atom. The molecule has 3 aromatic rings. The van der Waals surface area contributed by atoms with Crippen molar-refractivity contribution in [3.63, 3.8) is 0 Å². The third-order valence-corrected chi connectivity index (χ3v) is 7.85. The SMILES string of the molecule is CCC(=O)OC.O=S(=O)(c1cccc(OC(F)F)c1)N1CCOc2ccc(/C=C/c3c(Cl)cccc3Cl)cc21. The van der Waals surface area contributed by atoms with E-state index in [9.17, 15) is 22.0 Å². The summed E-state index contributed by atoms with van der Waals surface area (Å²) in [6.07, 6.45) is 3.96. The zero-order valence-corrected chi connectivity index (χ0v) is 23.3. The summed E-state index contributed by atoms with van der Waals surface area (Å²) in [6.45, 7) is -1.11. The highest BCUT2D eigenvalue weighted by Gasteiger charge is 2.30. The van der Waals surface area contributed by atoms with E-state index >= 15 is 0 Å². The third-order valence-electron chi connectivity index (χ3n) is 5.38. The molecule has 208 valence electrons. The van der Waals surface area contributed by atoms with E-state index in [0.29, 0.717) is 39.0 Å². The lowest BCUT2D eigenvalue weighted by molar-refractivity contribution is -0.140. The average molecular weight is 600 g/mol. The van der Waals surface area contributed by atoms with Gasteiger partial charge in [0.1, 0.15) is 18.1 Å². The van der Waals surface area contributed by atoms with E-state index < -0.39 is 16.6 Å². The normalized spacial score (nSPS) is 12.8. The van der Waals surface area contributed by atoms with Crippen molar-refractivity contribution < 1.29 is 36.2 Å². The van der Waals surface area contributed by atoms with Gasteiger partial charge in [-0.1, -0.05) is 60.5 Å². The first-order valence-corrected chi connectivity index (χ1v) is 13.8. The summed E-state index contributed by atoms with van der Waals surface area (Å²) in [5.74, 6) is -0.0133. The van der Waals surface area contributed by atoms with Crippen molar-refractivity contribution in [2.75, 3.05) is 24.6 Å². The lowest BCUT2D eigenvalue weighted by Gasteiger charge is -2.30. The van der Waals surface area contributed by atoms with Gasteiger partial charge in [-0.15, -0.1) is 0 Å². The minimum atomic E-state index is -4.07. The molecule has 1 aliphatic rings. The largest absolute Gasteiger partial charge is 0.489 e. The van der Waals surface area contributed by atoms with Gasteiger partial charge in [0, 0.05) is 28.1 Å². The van der Waals surface area contributed by atoms with Gasteiger partial charge in [0.25, 0.3) is 10.0 Å². The van der Waals surface area contributed by atoms with Gasteiger partial charge < -0.3 is 14.2 Å². The number of nitrogens with zero attached hydrogens (tertiary/aromatic N) is 1. The van der Waals surface area contributed by atoms with Crippen LogP contribution in [0.2, 0.25) is 10.0 Å². The van der Waals surface area contributed by atoms with Gasteiger partial charge in [-0.3, -0.25) is 9.10 Å². The Morgan fingerprint density at radius 2 is 1.77 bits per heavy atom. The van der Waals surface area contributed by atoms with Gasteiger partial charge in [0.2, 0.25) is 0 Å². The number of carbonyl (C=O) groups is 1. The number of alkyl halides is 2. The number of carbonyl (C=O) groups excluding carboxylic acids is 1. The maximum Gasteiger partial charge on any atom is 0.387 e. The van der Waals surface area contributed by atoms with Crippen LogP contribution in [-0.4, -0.2) is 41.3 Å². The van der Waals surface area contributed by atoms with Crippen molar-refractivity contribution in [1.29, 1.82) is 0 Å². The first kappa shape index (κ1) is 30.2. The fraction of sp³-hybridized carbons (Fsp3) is 0.222. The molecule has 0 fully saturated rings. The van der Waals surface area contributed by atoms with Crippen LogP contribution in [0.5, 0.6) is 11.5 Å². The fourth-order valence-electron chi connectivity index (χ4n) is 3.50. The molecule has 0 N–H and O–H groups in total. The summed E-state index contributed by atoms with van der Waals surface area (Å²) in [5, 5.41) is 0.963. The topological polar surface area (TPSA) is 82.1 Å². The van der Waals surface area contributed by atoms with E-state index in [2.05, 4.69) is 9.47 Å². The van der Waals surface area contributed by atoms with Crippen molar-refractivity contribution in [3.8, 4) is 11.5 Å². The Bertz CT molecular complexity index is 1420. The average Bonchev–Trinajstić information content (AvgIpc) is 2.92. The quantitative estimate of drug-likeness (QED) is 0.216. The lowest BCUT2D eigenvalue weighted by atomic mass is 10.1. The number of hydrogen-bond acceptors (Lipinski definition) is 6. The molecule has 0 radical (unpaired) electrons. The molecule has 0 saturated carbocycles. The Balaban J connectivity index is 0.000000631. The Hall–Kier alpha value is -3.34. The lowest BCUT2D eigenvalue weighted by Crippen LogP contribution is -2.38. The Morgan fingerprint density at radius 1 is 1.08 bits per heavy atom. The Labute approximate surface area is 235 Å². The number of sulfonamides is 1. The molecule has 0 aromatic heterocycles. The van der Waals surface area contributed by atoms with Crippen molar-refractivity contribution >= 4 is 57.0 Å². The van der Waals surface area contributed by atoms with E-state index in [4.69, 9.17) is 27.9 Å². The van der Waals surface area contributed by atoms with Crippen molar-refractivity contribution in [1.82, 2.24) is 0 Å². The van der Waals surface area contributed by atoms with Gasteiger partial charge in [0.15, 0.2) is 0 Å². The maximum atomic E-state index is 13.3. The van der Waals surface area contributed by atoms with E-state index in [1.54, 1.807) is 55.5 Å². The number of benzene rings is 3. The summed E-state index contributed by atoms with van der Waals surface area (Å²) >= 11 is 12.4. The highest BCUT2D eigenvalue weighted by atomic mass is 35.5. The smallest absolute Gasteiger partial charge is 0.387 e. The van der Waals surface area contributed by atoms with Crippen LogP contribution in [-0.2, 0) is 19.6 Å². The van der Waals surface area contributed by atoms with Crippen LogP contribution in [0, 0.1) is 0 Å². The minimum absolute atomic E-state index is 0.0543. The number of rotatable bonds is 7. The first-order chi connectivity index (χ1) is 18.6. The fourth-order valence-corrected chi connectivity index (χ4v) is 5.51. The molecule has 3 aromatic carbocycles. The molecule has 12 heteroatoms. The van der Waals surface area contributed by atoms with Crippen molar-refractivity contribution in [3.05, 3.63) is 81.8 Å². The third kappa shape index (κ3) is 7.84. The number of methoxy groups -OCH3 is 1. The van der Waals surface area contributed by atoms with Gasteiger partial charge in [0.05, 0.1) is 24.2 Å². The van der Waals surface area contributed by atoms with E-state index in [0.717, 1.165) is 6.07 Å². The summed E-state index contributed by atoms with van der Waals surface area (Å²) in [7, 11) is -2.69. The second kappa shape index (κ2) is 13.6. The molecule has 0 aliphatic carbocycles. The van der Waals surface area contributed by atoms with Crippen LogP contribution in [0.15, 0.2) is 65.6 Å². The van der Waals surface area contributed by atoms with Gasteiger partial charge in [-0.05, 0) is 42.0 Å². The maximum absolute atomic E-state index is 13.3. The number of ether oxygens (including phenoxy) is 3. The van der Waals surface area contributed by atoms with E-state index in [-0.39, 0.29) is 29.8 Å². The van der Waals surface area contributed by atoms with E-state index in [1.165, 1.54) is 29.6 Å². The highest BCUT2D eigenvalue weighted by molar-refractivity contribution is 7.92. The second-order valence-electron chi connectivity index (χ2n) is 7.90. The molecule has 0 bridgehead atoms. The summed E-state index contributed by atoms with van der Waals surface area (Å²) in [6, 6.07) is 15.3. The number of hydrogen-bond donors (Lipinski definition) is 0. The zero-order chi connectivity index (χ0) is 28.6. The van der Waals surface area contributed by atoms with Gasteiger partial charge in [-0.2, -0.15) is 8.78 Å². The molecule has 0 unspecified atom stereocenters. The minimum Gasteiger partial charge on any atom is -0.489 e. The second-order valence-corrected chi connectivity index (χ2v) is 10.6. The van der Waals surface area contributed by atoms with E-state index in [1.807, 2.05) is 0 Å². The van der Waals surface area contributed by atoms with Crippen LogP contribution in [0.25, 0.3) is 12.2 Å². The van der Waals surface area contributed by atoms with Crippen LogP contribution in [0.1, 0.15) is 24.5 Å². The predicted molar refractivity (Wildman–Crippen MR) is 147 cm³/mol. The first-order valence-electron chi connectivity index (χ1n) is 11.6. The predicted octanol–water partition coefficient (Wildman–Crippen LogP) is 6.92.